The van der Waals surface area contributed by atoms with E-state index in [-0.39, 0.29) is 10.3 Å². The summed E-state index contributed by atoms with van der Waals surface area (Å²) in [5, 5.41) is 4.77. The van der Waals surface area contributed by atoms with Crippen LogP contribution in [0.15, 0.2) is 15.4 Å². The molecule has 0 spiro atoms. The molecule has 1 rings (SSSR count). The third kappa shape index (κ3) is 2.61. The third-order valence-corrected chi connectivity index (χ3v) is 3.35. The number of rotatable bonds is 2. The van der Waals surface area contributed by atoms with Crippen molar-refractivity contribution >= 4 is 31.8 Å². The summed E-state index contributed by atoms with van der Waals surface area (Å²) < 4.78 is 46.8. The van der Waals surface area contributed by atoms with Crippen molar-refractivity contribution in [2.24, 2.45) is 5.14 Å². The normalized spacial score (nSPS) is 12.1. The first-order valence-electron chi connectivity index (χ1n) is 3.50. The molecule has 0 radical (unpaired) electrons. The largest absolute Gasteiger partial charge is 0.384 e. The van der Waals surface area contributed by atoms with Gasteiger partial charge in [0.25, 0.3) is 6.43 Å². The predicted octanol–water partition coefficient (Wildman–Crippen LogP) is 1.01. The fraction of sp³-hybridized carbons (Fsp3) is 0.167. The first kappa shape index (κ1) is 12.3. The van der Waals surface area contributed by atoms with E-state index in [2.05, 4.69) is 20.9 Å². The molecule has 0 aliphatic heterocycles. The van der Waals surface area contributed by atoms with E-state index >= 15 is 0 Å². The number of pyridine rings is 1. The SMILES string of the molecule is Nc1cc(Br)c(S(N)(=O)=O)c(C(F)F)n1. The Balaban J connectivity index is 3.62. The topological polar surface area (TPSA) is 99.1 Å². The minimum absolute atomic E-state index is 0.132. The zero-order valence-corrected chi connectivity index (χ0v) is 9.52. The second-order valence-electron chi connectivity index (χ2n) is 2.59. The lowest BCUT2D eigenvalue weighted by Gasteiger charge is -2.08. The first-order valence-corrected chi connectivity index (χ1v) is 5.84. The maximum absolute atomic E-state index is 12.5. The zero-order chi connectivity index (χ0) is 11.8. The molecule has 0 aromatic carbocycles. The van der Waals surface area contributed by atoms with Crippen LogP contribution < -0.4 is 10.9 Å². The number of nitrogens with zero attached hydrogens (tertiary/aromatic N) is 1. The van der Waals surface area contributed by atoms with E-state index in [1.54, 1.807) is 0 Å². The van der Waals surface area contributed by atoms with Gasteiger partial charge < -0.3 is 5.73 Å². The van der Waals surface area contributed by atoms with E-state index in [0.29, 0.717) is 0 Å². The van der Waals surface area contributed by atoms with Gasteiger partial charge in [0, 0.05) is 4.47 Å². The van der Waals surface area contributed by atoms with E-state index in [4.69, 9.17) is 10.9 Å². The molecule has 4 N–H and O–H groups in total. The van der Waals surface area contributed by atoms with Crippen LogP contribution in [-0.2, 0) is 10.0 Å². The van der Waals surface area contributed by atoms with Gasteiger partial charge in [-0.1, -0.05) is 0 Å². The van der Waals surface area contributed by atoms with Crippen LogP contribution in [-0.4, -0.2) is 13.4 Å². The number of nitrogens with two attached hydrogens (primary N) is 2. The smallest absolute Gasteiger partial charge is 0.281 e. The quantitative estimate of drug-likeness (QED) is 0.851. The maximum Gasteiger partial charge on any atom is 0.281 e. The Kier molecular flexibility index (Phi) is 3.26. The van der Waals surface area contributed by atoms with Crippen molar-refractivity contribution in [3.05, 3.63) is 16.2 Å². The average molecular weight is 302 g/mol. The predicted molar refractivity (Wildman–Crippen MR) is 52.7 cm³/mol. The van der Waals surface area contributed by atoms with Gasteiger partial charge in [0.1, 0.15) is 16.4 Å². The van der Waals surface area contributed by atoms with Crippen molar-refractivity contribution in [1.29, 1.82) is 0 Å². The van der Waals surface area contributed by atoms with Crippen molar-refractivity contribution in [1.82, 2.24) is 4.98 Å². The summed E-state index contributed by atoms with van der Waals surface area (Å²) in [7, 11) is -4.27. The molecule has 0 atom stereocenters. The van der Waals surface area contributed by atoms with Gasteiger partial charge in [-0.3, -0.25) is 0 Å². The summed E-state index contributed by atoms with van der Waals surface area (Å²) in [6.07, 6.45) is -3.07. The van der Waals surface area contributed by atoms with Gasteiger partial charge in [-0.05, 0) is 22.0 Å². The standard InChI is InChI=1S/C6H6BrF2N3O2S/c7-2-1-3(10)12-4(6(8)9)5(2)15(11,13)14/h1,6H,(H2,10,12)(H2,11,13,14). The van der Waals surface area contributed by atoms with E-state index in [1.165, 1.54) is 0 Å². The zero-order valence-electron chi connectivity index (χ0n) is 7.12. The summed E-state index contributed by atoms with van der Waals surface area (Å²) in [6, 6.07) is 1.09. The molecule has 0 saturated carbocycles. The summed E-state index contributed by atoms with van der Waals surface area (Å²) >= 11 is 2.79. The molecule has 0 aliphatic rings. The van der Waals surface area contributed by atoms with Gasteiger partial charge in [0.15, 0.2) is 0 Å². The van der Waals surface area contributed by atoms with Crippen LogP contribution in [0.3, 0.4) is 0 Å². The van der Waals surface area contributed by atoms with Gasteiger partial charge in [-0.25, -0.2) is 27.3 Å². The number of sulfonamides is 1. The van der Waals surface area contributed by atoms with Crippen molar-refractivity contribution in [2.45, 2.75) is 11.3 Å². The van der Waals surface area contributed by atoms with Gasteiger partial charge in [0.05, 0.1) is 0 Å². The lowest BCUT2D eigenvalue weighted by molar-refractivity contribution is 0.142. The second kappa shape index (κ2) is 3.99. The van der Waals surface area contributed by atoms with Gasteiger partial charge >= 0.3 is 0 Å². The minimum Gasteiger partial charge on any atom is -0.384 e. The molecule has 0 unspecified atom stereocenters. The Morgan fingerprint density at radius 3 is 2.40 bits per heavy atom. The Hall–Kier alpha value is -0.800. The minimum atomic E-state index is -4.27. The molecule has 0 bridgehead atoms. The second-order valence-corrected chi connectivity index (χ2v) is 4.94. The Bertz CT molecular complexity index is 491. The number of anilines is 1. The van der Waals surface area contributed by atoms with Gasteiger partial charge in [-0.2, -0.15) is 0 Å². The fourth-order valence-electron chi connectivity index (χ4n) is 0.969. The van der Waals surface area contributed by atoms with Crippen LogP contribution in [0.2, 0.25) is 0 Å². The fourth-order valence-corrected chi connectivity index (χ4v) is 2.84. The summed E-state index contributed by atoms with van der Waals surface area (Å²) in [5.41, 5.74) is 4.25. The molecule has 0 aliphatic carbocycles. The number of primary sulfonamides is 1. The molecule has 1 heterocycles. The molecule has 1 aromatic heterocycles. The van der Waals surface area contributed by atoms with Crippen LogP contribution in [0.4, 0.5) is 14.6 Å². The molecule has 15 heavy (non-hydrogen) atoms. The summed E-state index contributed by atoms with van der Waals surface area (Å²) in [4.78, 5) is 2.49. The number of halogens is 3. The molecule has 0 saturated heterocycles. The first-order chi connectivity index (χ1) is 6.73. The molecular weight excluding hydrogens is 296 g/mol. The van der Waals surface area contributed by atoms with Crippen molar-refractivity contribution in [2.75, 3.05) is 5.73 Å². The van der Waals surface area contributed by atoms with Gasteiger partial charge in [-0.15, -0.1) is 0 Å². The lowest BCUT2D eigenvalue weighted by atomic mass is 10.3. The Morgan fingerprint density at radius 2 is 2.00 bits per heavy atom. The van der Waals surface area contributed by atoms with Crippen molar-refractivity contribution in [3.63, 3.8) is 0 Å². The number of aromatic nitrogens is 1. The third-order valence-electron chi connectivity index (χ3n) is 1.46. The highest BCUT2D eigenvalue weighted by atomic mass is 79.9. The number of hydrogen-bond acceptors (Lipinski definition) is 4. The van der Waals surface area contributed by atoms with E-state index in [9.17, 15) is 17.2 Å². The monoisotopic (exact) mass is 301 g/mol. The summed E-state index contributed by atoms with van der Waals surface area (Å²) in [5.74, 6) is -0.218. The number of hydrogen-bond donors (Lipinski definition) is 2. The highest BCUT2D eigenvalue weighted by Crippen LogP contribution is 2.31. The highest BCUT2D eigenvalue weighted by Gasteiger charge is 2.25. The number of alkyl halides is 2. The summed E-state index contributed by atoms with van der Waals surface area (Å²) in [6.45, 7) is 0. The van der Waals surface area contributed by atoms with Crippen LogP contribution >= 0.6 is 15.9 Å². The van der Waals surface area contributed by atoms with Gasteiger partial charge in [0.2, 0.25) is 10.0 Å². The van der Waals surface area contributed by atoms with E-state index in [1.807, 2.05) is 0 Å². The van der Waals surface area contributed by atoms with E-state index < -0.39 is 27.0 Å². The maximum atomic E-state index is 12.5. The Labute approximate surface area is 92.7 Å². The molecule has 84 valence electrons. The van der Waals surface area contributed by atoms with E-state index in [0.717, 1.165) is 6.07 Å². The van der Waals surface area contributed by atoms with Crippen LogP contribution in [0.5, 0.6) is 0 Å². The molecule has 9 heteroatoms. The molecule has 0 amide bonds. The van der Waals surface area contributed by atoms with Crippen LogP contribution in [0.1, 0.15) is 12.1 Å². The molecular formula is C6H6BrF2N3O2S. The van der Waals surface area contributed by atoms with Crippen molar-refractivity contribution in [3.8, 4) is 0 Å². The highest BCUT2D eigenvalue weighted by molar-refractivity contribution is 9.10. The molecule has 1 aromatic rings. The van der Waals surface area contributed by atoms with Crippen molar-refractivity contribution < 1.29 is 17.2 Å². The number of nitrogen functional groups attached to an aromatic ring is 1. The average Bonchev–Trinajstić information content (AvgIpc) is 1.99. The lowest BCUT2D eigenvalue weighted by Crippen LogP contribution is -2.17. The van der Waals surface area contributed by atoms with Crippen LogP contribution in [0, 0.1) is 0 Å². The Morgan fingerprint density at radius 1 is 1.47 bits per heavy atom. The molecule has 5 nitrogen and oxygen atoms in total. The van der Waals surface area contributed by atoms with Crippen LogP contribution in [0.25, 0.3) is 0 Å². The molecule has 0 fully saturated rings.